The van der Waals surface area contributed by atoms with Crippen LogP contribution in [0.15, 0.2) is 6.20 Å². The Balaban J connectivity index is 1.60. The van der Waals surface area contributed by atoms with E-state index in [-0.39, 0.29) is 12.0 Å². The first-order valence-corrected chi connectivity index (χ1v) is 7.70. The highest BCUT2D eigenvalue weighted by Crippen LogP contribution is 2.22. The van der Waals surface area contributed by atoms with Crippen molar-refractivity contribution in [3.63, 3.8) is 0 Å². The van der Waals surface area contributed by atoms with Crippen molar-refractivity contribution in [2.24, 2.45) is 0 Å². The number of nitrogens with one attached hydrogen (secondary N) is 1. The highest BCUT2D eigenvalue weighted by molar-refractivity contribution is 5.97. The van der Waals surface area contributed by atoms with Gasteiger partial charge in [-0.1, -0.05) is 0 Å². The first-order chi connectivity index (χ1) is 10.8. The summed E-state index contributed by atoms with van der Waals surface area (Å²) in [6.07, 6.45) is 1.73. The molecule has 0 saturated carbocycles. The lowest BCUT2D eigenvalue weighted by Crippen LogP contribution is -2.50. The Hall–Kier alpha value is -2.38. The van der Waals surface area contributed by atoms with E-state index in [1.807, 2.05) is 25.7 Å². The van der Waals surface area contributed by atoms with E-state index in [4.69, 9.17) is 4.74 Å². The molecule has 0 unspecified atom stereocenters. The molecule has 0 bridgehead atoms. The van der Waals surface area contributed by atoms with Crippen LogP contribution < -0.4 is 10.2 Å². The minimum atomic E-state index is -0.491. The topological polar surface area (TPSA) is 87.7 Å². The van der Waals surface area contributed by atoms with Crippen molar-refractivity contribution >= 4 is 23.8 Å². The molecule has 8 heteroatoms. The maximum Gasteiger partial charge on any atom is 0.410 e. The predicted molar refractivity (Wildman–Crippen MR) is 84.4 cm³/mol. The Bertz CT molecular complexity index is 632. The summed E-state index contributed by atoms with van der Waals surface area (Å²) in [5.41, 5.74) is 0.335. The first-order valence-electron chi connectivity index (χ1n) is 7.70. The van der Waals surface area contributed by atoms with Crippen LogP contribution in [0, 0.1) is 0 Å². The molecule has 2 aliphatic rings. The maximum absolute atomic E-state index is 12.1. The number of aromatic nitrogens is 2. The average molecular weight is 319 g/mol. The summed E-state index contributed by atoms with van der Waals surface area (Å²) >= 11 is 0. The normalized spacial score (nSPS) is 17.8. The summed E-state index contributed by atoms with van der Waals surface area (Å²) in [7, 11) is 0. The van der Waals surface area contributed by atoms with Gasteiger partial charge in [0.2, 0.25) is 11.9 Å². The van der Waals surface area contributed by atoms with Crippen molar-refractivity contribution in [2.45, 2.75) is 32.8 Å². The molecule has 1 saturated heterocycles. The van der Waals surface area contributed by atoms with E-state index >= 15 is 0 Å². The van der Waals surface area contributed by atoms with Crippen molar-refractivity contribution in [3.8, 4) is 0 Å². The number of hydrogen-bond acceptors (Lipinski definition) is 6. The van der Waals surface area contributed by atoms with Gasteiger partial charge in [-0.05, 0) is 20.8 Å². The van der Waals surface area contributed by atoms with Gasteiger partial charge in [0.15, 0.2) is 0 Å². The number of anilines is 2. The molecular formula is C15H21N5O3. The van der Waals surface area contributed by atoms with E-state index < -0.39 is 5.60 Å². The summed E-state index contributed by atoms with van der Waals surface area (Å²) in [6, 6.07) is 0. The number of fused-ring (bicyclic) bond motifs is 1. The van der Waals surface area contributed by atoms with Crippen molar-refractivity contribution in [1.29, 1.82) is 0 Å². The molecule has 23 heavy (non-hydrogen) atoms. The fraction of sp³-hybridized carbons (Fsp3) is 0.600. The zero-order chi connectivity index (χ0) is 16.6. The molecule has 2 amide bonds. The summed E-state index contributed by atoms with van der Waals surface area (Å²) in [5.74, 6) is 1.12. The molecule has 0 spiro atoms. The molecule has 1 fully saturated rings. The second kappa shape index (κ2) is 5.68. The Kier molecular flexibility index (Phi) is 3.83. The van der Waals surface area contributed by atoms with E-state index in [9.17, 15) is 9.59 Å². The molecular weight excluding hydrogens is 298 g/mol. The van der Waals surface area contributed by atoms with Crippen LogP contribution in [-0.4, -0.2) is 58.6 Å². The third-order valence-corrected chi connectivity index (χ3v) is 3.67. The number of carbonyl (C=O) groups is 2. The molecule has 1 N–H and O–H groups in total. The van der Waals surface area contributed by atoms with Crippen LogP contribution in [0.3, 0.4) is 0 Å². The monoisotopic (exact) mass is 319 g/mol. The second-order valence-corrected chi connectivity index (χ2v) is 6.72. The lowest BCUT2D eigenvalue weighted by atomic mass is 10.2. The van der Waals surface area contributed by atoms with Crippen LogP contribution in [0.4, 0.5) is 16.6 Å². The van der Waals surface area contributed by atoms with E-state index in [1.165, 1.54) is 0 Å². The number of rotatable bonds is 1. The number of amides is 2. The van der Waals surface area contributed by atoms with Crippen LogP contribution in [0.5, 0.6) is 0 Å². The maximum atomic E-state index is 12.1. The van der Waals surface area contributed by atoms with Crippen LogP contribution in [-0.2, 0) is 16.0 Å². The molecule has 0 aromatic carbocycles. The summed E-state index contributed by atoms with van der Waals surface area (Å²) < 4.78 is 5.38. The van der Waals surface area contributed by atoms with Gasteiger partial charge in [-0.15, -0.1) is 0 Å². The third-order valence-electron chi connectivity index (χ3n) is 3.67. The molecule has 0 radical (unpaired) electrons. The largest absolute Gasteiger partial charge is 0.444 e. The van der Waals surface area contributed by atoms with Crippen LogP contribution in [0.25, 0.3) is 0 Å². The number of nitrogens with zero attached hydrogens (tertiary/aromatic N) is 4. The van der Waals surface area contributed by atoms with Gasteiger partial charge in [0, 0.05) is 37.9 Å². The molecule has 0 aliphatic carbocycles. The highest BCUT2D eigenvalue weighted by atomic mass is 16.6. The first kappa shape index (κ1) is 15.5. The zero-order valence-corrected chi connectivity index (χ0v) is 13.6. The van der Waals surface area contributed by atoms with Crippen molar-refractivity contribution < 1.29 is 14.3 Å². The van der Waals surface area contributed by atoms with Crippen LogP contribution >= 0.6 is 0 Å². The minimum Gasteiger partial charge on any atom is -0.444 e. The lowest BCUT2D eigenvalue weighted by molar-refractivity contribution is -0.115. The van der Waals surface area contributed by atoms with Gasteiger partial charge in [-0.3, -0.25) is 4.79 Å². The van der Waals surface area contributed by atoms with Gasteiger partial charge in [0.1, 0.15) is 11.4 Å². The zero-order valence-electron chi connectivity index (χ0n) is 13.6. The van der Waals surface area contributed by atoms with Crippen LogP contribution in [0.2, 0.25) is 0 Å². The summed E-state index contributed by atoms with van der Waals surface area (Å²) in [6.45, 7) is 7.94. The minimum absolute atomic E-state index is 0.0544. The van der Waals surface area contributed by atoms with Gasteiger partial charge < -0.3 is 19.9 Å². The number of hydrogen-bond donors (Lipinski definition) is 1. The standard InChI is InChI=1S/C15H21N5O3/c1-15(2,3)23-14(22)20-6-4-19(5-7-20)13-16-9-10-8-11(21)17-12(10)18-13/h9H,4-8H2,1-3H3,(H,16,17,18,21). The third kappa shape index (κ3) is 3.52. The Morgan fingerprint density at radius 2 is 1.96 bits per heavy atom. The Labute approximate surface area is 134 Å². The van der Waals surface area contributed by atoms with Gasteiger partial charge in [0.25, 0.3) is 0 Å². The van der Waals surface area contributed by atoms with E-state index in [2.05, 4.69) is 15.3 Å². The molecule has 2 aliphatic heterocycles. The average Bonchev–Trinajstić information content (AvgIpc) is 2.84. The molecule has 3 heterocycles. The molecule has 3 rings (SSSR count). The van der Waals surface area contributed by atoms with Gasteiger partial charge in [-0.2, -0.15) is 4.98 Å². The summed E-state index contributed by atoms with van der Waals surface area (Å²) in [5, 5.41) is 2.73. The number of ether oxygens (including phenoxy) is 1. The molecule has 8 nitrogen and oxygen atoms in total. The van der Waals surface area contributed by atoms with E-state index in [0.717, 1.165) is 5.56 Å². The molecule has 1 aromatic rings. The lowest BCUT2D eigenvalue weighted by Gasteiger charge is -2.35. The Morgan fingerprint density at radius 3 is 2.61 bits per heavy atom. The fourth-order valence-corrected chi connectivity index (χ4v) is 2.55. The second-order valence-electron chi connectivity index (χ2n) is 6.72. The highest BCUT2D eigenvalue weighted by Gasteiger charge is 2.28. The van der Waals surface area contributed by atoms with Crippen molar-refractivity contribution in [2.75, 3.05) is 36.4 Å². The van der Waals surface area contributed by atoms with Gasteiger partial charge in [-0.25, -0.2) is 9.78 Å². The molecule has 124 valence electrons. The fourth-order valence-electron chi connectivity index (χ4n) is 2.55. The van der Waals surface area contributed by atoms with Gasteiger partial charge >= 0.3 is 6.09 Å². The summed E-state index contributed by atoms with van der Waals surface area (Å²) in [4.78, 5) is 35.8. The van der Waals surface area contributed by atoms with Crippen molar-refractivity contribution in [1.82, 2.24) is 14.9 Å². The number of piperazine rings is 1. The van der Waals surface area contributed by atoms with Crippen molar-refractivity contribution in [3.05, 3.63) is 11.8 Å². The Morgan fingerprint density at radius 1 is 1.26 bits per heavy atom. The SMILES string of the molecule is CC(C)(C)OC(=O)N1CCN(c2ncc3c(n2)NC(=O)C3)CC1. The van der Waals surface area contributed by atoms with E-state index in [0.29, 0.717) is 44.4 Å². The predicted octanol–water partition coefficient (Wildman–Crippen LogP) is 1.03. The number of carbonyl (C=O) groups excluding carboxylic acids is 2. The van der Waals surface area contributed by atoms with Crippen LogP contribution in [0.1, 0.15) is 26.3 Å². The molecule has 1 aromatic heterocycles. The smallest absolute Gasteiger partial charge is 0.410 e. The van der Waals surface area contributed by atoms with E-state index in [1.54, 1.807) is 11.1 Å². The van der Waals surface area contributed by atoms with Gasteiger partial charge in [0.05, 0.1) is 6.42 Å². The quantitative estimate of drug-likeness (QED) is 0.832. The molecule has 0 atom stereocenters.